The van der Waals surface area contributed by atoms with Gasteiger partial charge < -0.3 is 15.6 Å². The molecule has 0 aliphatic carbocycles. The molecule has 18 heavy (non-hydrogen) atoms. The summed E-state index contributed by atoms with van der Waals surface area (Å²) in [4.78, 5) is 11.6. The van der Waals surface area contributed by atoms with Gasteiger partial charge in [0.1, 0.15) is 5.60 Å². The van der Waals surface area contributed by atoms with Crippen molar-refractivity contribution in [3.05, 3.63) is 35.9 Å². The first-order chi connectivity index (χ1) is 8.29. The lowest BCUT2D eigenvalue weighted by Gasteiger charge is -2.24. The summed E-state index contributed by atoms with van der Waals surface area (Å²) >= 11 is 0. The summed E-state index contributed by atoms with van der Waals surface area (Å²) in [6.07, 6.45) is -0.870. The van der Waals surface area contributed by atoms with Gasteiger partial charge in [-0.1, -0.05) is 30.3 Å². The maximum atomic E-state index is 11.6. The molecule has 0 bridgehead atoms. The maximum Gasteiger partial charge on any atom is 0.337 e. The quantitative estimate of drug-likeness (QED) is 0.790. The van der Waals surface area contributed by atoms with Gasteiger partial charge in [-0.15, -0.1) is 0 Å². The largest absolute Gasteiger partial charge is 0.458 e. The smallest absolute Gasteiger partial charge is 0.337 e. The second-order valence-electron chi connectivity index (χ2n) is 5.33. The molecule has 0 heterocycles. The van der Waals surface area contributed by atoms with E-state index >= 15 is 0 Å². The van der Waals surface area contributed by atoms with Gasteiger partial charge in [0.05, 0.1) is 0 Å². The highest BCUT2D eigenvalue weighted by molar-refractivity contribution is 5.75. The van der Waals surface area contributed by atoms with Crippen LogP contribution in [0, 0.1) is 0 Å². The van der Waals surface area contributed by atoms with E-state index in [2.05, 4.69) is 0 Å². The fourth-order valence-electron chi connectivity index (χ4n) is 1.53. The number of carbonyl (C=O) groups is 1. The monoisotopic (exact) mass is 251 g/mol. The van der Waals surface area contributed by atoms with Gasteiger partial charge in [0.25, 0.3) is 0 Å². The molecule has 4 nitrogen and oxygen atoms in total. The van der Waals surface area contributed by atoms with E-state index in [4.69, 9.17) is 10.5 Å². The Labute approximate surface area is 108 Å². The Balaban J connectivity index is 2.56. The summed E-state index contributed by atoms with van der Waals surface area (Å²) < 4.78 is 5.09. The highest BCUT2D eigenvalue weighted by Gasteiger charge is 2.28. The molecule has 0 aromatic heterocycles. The lowest BCUT2D eigenvalue weighted by Crippen LogP contribution is -2.45. The van der Waals surface area contributed by atoms with Crippen LogP contribution in [0.25, 0.3) is 0 Å². The zero-order valence-electron chi connectivity index (χ0n) is 11.1. The second kappa shape index (κ2) is 5.98. The van der Waals surface area contributed by atoms with Gasteiger partial charge in [-0.05, 0) is 32.8 Å². The van der Waals surface area contributed by atoms with Crippen molar-refractivity contribution < 1.29 is 14.6 Å². The van der Waals surface area contributed by atoms with Gasteiger partial charge in [-0.25, -0.2) is 4.79 Å². The molecule has 0 aliphatic rings. The zero-order valence-corrected chi connectivity index (χ0v) is 11.1. The molecule has 1 aromatic rings. The fourth-order valence-corrected chi connectivity index (χ4v) is 1.53. The Morgan fingerprint density at radius 1 is 1.33 bits per heavy atom. The minimum Gasteiger partial charge on any atom is -0.458 e. The molecule has 2 atom stereocenters. The standard InChI is InChI=1S/C14H21NO3/c1-14(2,3)18-13(17)12(16)11(15)9-10-7-5-4-6-8-10/h4-8,11-12,16H,9,15H2,1-3H3/t11?,12-/m1/s1. The van der Waals surface area contributed by atoms with Crippen LogP contribution in [0.15, 0.2) is 30.3 Å². The van der Waals surface area contributed by atoms with Gasteiger partial charge >= 0.3 is 5.97 Å². The number of esters is 1. The number of hydrogen-bond donors (Lipinski definition) is 2. The van der Waals surface area contributed by atoms with Gasteiger partial charge in [-0.3, -0.25) is 0 Å². The predicted molar refractivity (Wildman–Crippen MR) is 70.0 cm³/mol. The van der Waals surface area contributed by atoms with Gasteiger partial charge in [0, 0.05) is 6.04 Å². The van der Waals surface area contributed by atoms with Crippen LogP contribution in [0.3, 0.4) is 0 Å². The number of hydrogen-bond acceptors (Lipinski definition) is 4. The molecule has 0 aliphatic heterocycles. The first kappa shape index (κ1) is 14.7. The Hall–Kier alpha value is -1.39. The van der Waals surface area contributed by atoms with Crippen LogP contribution in [0.5, 0.6) is 0 Å². The van der Waals surface area contributed by atoms with Crippen LogP contribution < -0.4 is 5.73 Å². The topological polar surface area (TPSA) is 72.5 Å². The number of aliphatic hydroxyl groups is 1. The third-order valence-corrected chi connectivity index (χ3v) is 2.37. The Morgan fingerprint density at radius 3 is 2.39 bits per heavy atom. The van der Waals surface area contributed by atoms with Crippen molar-refractivity contribution >= 4 is 5.97 Å². The van der Waals surface area contributed by atoms with Crippen molar-refractivity contribution in [2.75, 3.05) is 0 Å². The van der Waals surface area contributed by atoms with E-state index in [0.29, 0.717) is 6.42 Å². The Bertz CT molecular complexity index is 384. The highest BCUT2D eigenvalue weighted by atomic mass is 16.6. The van der Waals surface area contributed by atoms with Crippen molar-refractivity contribution in [1.29, 1.82) is 0 Å². The van der Waals surface area contributed by atoms with Crippen molar-refractivity contribution in [2.45, 2.75) is 44.9 Å². The lowest BCUT2D eigenvalue weighted by atomic mass is 10.0. The van der Waals surface area contributed by atoms with Crippen molar-refractivity contribution in [3.8, 4) is 0 Å². The predicted octanol–water partition coefficient (Wildman–Crippen LogP) is 1.26. The first-order valence-corrected chi connectivity index (χ1v) is 6.00. The minimum atomic E-state index is -1.30. The number of nitrogens with two attached hydrogens (primary N) is 1. The van der Waals surface area contributed by atoms with Crippen LogP contribution in [0.2, 0.25) is 0 Å². The molecular formula is C14H21NO3. The molecule has 0 amide bonds. The Morgan fingerprint density at radius 2 is 1.89 bits per heavy atom. The third-order valence-electron chi connectivity index (χ3n) is 2.37. The van der Waals surface area contributed by atoms with Gasteiger partial charge in [0.2, 0.25) is 0 Å². The lowest BCUT2D eigenvalue weighted by molar-refractivity contribution is -0.166. The molecule has 0 fully saturated rings. The van der Waals surface area contributed by atoms with E-state index in [0.717, 1.165) is 5.56 Å². The molecule has 1 unspecified atom stereocenters. The molecule has 0 saturated carbocycles. The zero-order chi connectivity index (χ0) is 13.8. The van der Waals surface area contributed by atoms with Crippen LogP contribution in [0.1, 0.15) is 26.3 Å². The average Bonchev–Trinajstić information content (AvgIpc) is 2.27. The molecule has 1 aromatic carbocycles. The summed E-state index contributed by atoms with van der Waals surface area (Å²) in [5.74, 6) is -0.675. The van der Waals surface area contributed by atoms with E-state index in [1.807, 2.05) is 30.3 Å². The third kappa shape index (κ3) is 4.85. The SMILES string of the molecule is CC(C)(C)OC(=O)[C@H](O)C(N)Cc1ccccc1. The summed E-state index contributed by atoms with van der Waals surface area (Å²) in [5.41, 5.74) is 6.18. The van der Waals surface area contributed by atoms with Crippen molar-refractivity contribution in [1.82, 2.24) is 0 Å². The molecule has 100 valence electrons. The fraction of sp³-hybridized carbons (Fsp3) is 0.500. The number of benzene rings is 1. The summed E-state index contributed by atoms with van der Waals surface area (Å²) in [7, 11) is 0. The molecule has 0 radical (unpaired) electrons. The minimum absolute atomic E-state index is 0.432. The maximum absolute atomic E-state index is 11.6. The van der Waals surface area contributed by atoms with E-state index in [1.54, 1.807) is 20.8 Å². The molecule has 4 heteroatoms. The Kier molecular flexibility index (Phi) is 4.87. The highest BCUT2D eigenvalue weighted by Crippen LogP contribution is 2.11. The van der Waals surface area contributed by atoms with Crippen LogP contribution in [-0.4, -0.2) is 28.8 Å². The molecular weight excluding hydrogens is 230 g/mol. The van der Waals surface area contributed by atoms with E-state index in [1.165, 1.54) is 0 Å². The molecule has 3 N–H and O–H groups in total. The molecule has 1 rings (SSSR count). The number of ether oxygens (including phenoxy) is 1. The average molecular weight is 251 g/mol. The summed E-state index contributed by atoms with van der Waals surface area (Å²) in [6, 6.07) is 8.83. The number of rotatable bonds is 4. The summed E-state index contributed by atoms with van der Waals surface area (Å²) in [5, 5.41) is 9.81. The number of aliphatic hydroxyl groups excluding tert-OH is 1. The second-order valence-corrected chi connectivity index (χ2v) is 5.33. The van der Waals surface area contributed by atoms with Gasteiger partial charge in [0.15, 0.2) is 6.10 Å². The first-order valence-electron chi connectivity index (χ1n) is 6.00. The van der Waals surface area contributed by atoms with Crippen LogP contribution in [0.4, 0.5) is 0 Å². The number of carbonyl (C=O) groups excluding carboxylic acids is 1. The van der Waals surface area contributed by atoms with Crippen molar-refractivity contribution in [3.63, 3.8) is 0 Å². The van der Waals surface area contributed by atoms with E-state index < -0.39 is 23.7 Å². The van der Waals surface area contributed by atoms with Gasteiger partial charge in [-0.2, -0.15) is 0 Å². The van der Waals surface area contributed by atoms with E-state index in [-0.39, 0.29) is 0 Å². The van der Waals surface area contributed by atoms with Crippen LogP contribution in [-0.2, 0) is 16.0 Å². The van der Waals surface area contributed by atoms with Crippen LogP contribution >= 0.6 is 0 Å². The molecule has 0 spiro atoms. The normalized spacial score (nSPS) is 14.9. The van der Waals surface area contributed by atoms with Crippen molar-refractivity contribution in [2.24, 2.45) is 5.73 Å². The molecule has 0 saturated heterocycles. The van der Waals surface area contributed by atoms with E-state index in [9.17, 15) is 9.90 Å². The summed E-state index contributed by atoms with van der Waals surface area (Å²) in [6.45, 7) is 5.25.